The number of hydrogen-bond donors (Lipinski definition) is 3. The standard InChI is InChI=1S/C10H9N7O2S/c18-20(19,9-5-11-6-12-9)15-8-3-1-2-7(4-8)10-13-16-17-14-10/h1-6,15H,(H,11,12)(H,13,14,16,17). The molecule has 102 valence electrons. The van der Waals surface area contributed by atoms with Gasteiger partial charge < -0.3 is 4.98 Å². The first-order valence-electron chi connectivity index (χ1n) is 5.50. The molecule has 3 rings (SSSR count). The number of aromatic nitrogens is 6. The fraction of sp³-hybridized carbons (Fsp3) is 0. The van der Waals surface area contributed by atoms with E-state index in [1.807, 2.05) is 0 Å². The number of imidazole rings is 1. The summed E-state index contributed by atoms with van der Waals surface area (Å²) in [6, 6.07) is 6.67. The van der Waals surface area contributed by atoms with Crippen LogP contribution in [0, 0.1) is 0 Å². The zero-order valence-corrected chi connectivity index (χ0v) is 10.8. The van der Waals surface area contributed by atoms with E-state index in [2.05, 4.69) is 35.3 Å². The molecule has 3 N–H and O–H groups in total. The number of H-pyrrole nitrogens is 2. The molecule has 0 saturated carbocycles. The van der Waals surface area contributed by atoms with Crippen molar-refractivity contribution in [2.24, 2.45) is 0 Å². The van der Waals surface area contributed by atoms with E-state index < -0.39 is 10.0 Å². The van der Waals surface area contributed by atoms with Gasteiger partial charge in [-0.15, -0.1) is 10.2 Å². The van der Waals surface area contributed by atoms with Crippen LogP contribution in [-0.4, -0.2) is 39.0 Å². The van der Waals surface area contributed by atoms with Crippen LogP contribution in [0.5, 0.6) is 0 Å². The summed E-state index contributed by atoms with van der Waals surface area (Å²) in [5.74, 6) is 0.382. The topological polar surface area (TPSA) is 129 Å². The van der Waals surface area contributed by atoms with Crippen molar-refractivity contribution in [3.05, 3.63) is 36.8 Å². The highest BCUT2D eigenvalue weighted by atomic mass is 32.2. The SMILES string of the molecule is O=S(=O)(Nc1cccc(-c2nn[nH]n2)c1)c1cnc[nH]1. The van der Waals surface area contributed by atoms with Crippen LogP contribution in [-0.2, 0) is 10.0 Å². The maximum atomic E-state index is 12.0. The lowest BCUT2D eigenvalue weighted by Crippen LogP contribution is -2.13. The molecule has 0 spiro atoms. The van der Waals surface area contributed by atoms with E-state index in [0.29, 0.717) is 17.1 Å². The molecule has 2 aromatic heterocycles. The van der Waals surface area contributed by atoms with Gasteiger partial charge in [-0.2, -0.15) is 13.6 Å². The summed E-state index contributed by atoms with van der Waals surface area (Å²) in [5.41, 5.74) is 1.03. The lowest BCUT2D eigenvalue weighted by atomic mass is 10.2. The minimum atomic E-state index is -3.69. The highest BCUT2D eigenvalue weighted by molar-refractivity contribution is 7.92. The lowest BCUT2D eigenvalue weighted by molar-refractivity contribution is 0.598. The molecule has 0 aliphatic carbocycles. The number of hydrogen-bond acceptors (Lipinski definition) is 6. The Morgan fingerprint density at radius 1 is 1.25 bits per heavy atom. The average Bonchev–Trinajstić information content (AvgIpc) is 3.12. The van der Waals surface area contributed by atoms with E-state index in [1.54, 1.807) is 24.3 Å². The Morgan fingerprint density at radius 2 is 2.15 bits per heavy atom. The molecule has 1 aromatic carbocycles. The van der Waals surface area contributed by atoms with Gasteiger partial charge in [-0.3, -0.25) is 4.72 Å². The summed E-state index contributed by atoms with van der Waals surface area (Å²) < 4.78 is 26.5. The highest BCUT2D eigenvalue weighted by Gasteiger charge is 2.16. The van der Waals surface area contributed by atoms with Crippen LogP contribution in [0.4, 0.5) is 5.69 Å². The van der Waals surface area contributed by atoms with Crippen molar-refractivity contribution < 1.29 is 8.42 Å². The number of aromatic amines is 2. The lowest BCUT2D eigenvalue weighted by Gasteiger charge is -2.06. The summed E-state index contributed by atoms with van der Waals surface area (Å²) in [7, 11) is -3.69. The second kappa shape index (κ2) is 4.74. The Balaban J connectivity index is 1.91. The van der Waals surface area contributed by atoms with E-state index in [4.69, 9.17) is 0 Å². The second-order valence-electron chi connectivity index (χ2n) is 3.84. The molecule has 0 saturated heterocycles. The summed E-state index contributed by atoms with van der Waals surface area (Å²) >= 11 is 0. The number of benzene rings is 1. The van der Waals surface area contributed by atoms with Crippen LogP contribution in [0.3, 0.4) is 0 Å². The van der Waals surface area contributed by atoms with Gasteiger partial charge in [-0.1, -0.05) is 12.1 Å². The zero-order valence-electron chi connectivity index (χ0n) is 9.98. The van der Waals surface area contributed by atoms with Gasteiger partial charge in [0.15, 0.2) is 5.03 Å². The number of tetrazole rings is 1. The van der Waals surface area contributed by atoms with Crippen molar-refractivity contribution >= 4 is 15.7 Å². The van der Waals surface area contributed by atoms with Crippen LogP contribution in [0.25, 0.3) is 11.4 Å². The molecule has 0 atom stereocenters. The van der Waals surface area contributed by atoms with Gasteiger partial charge in [0, 0.05) is 11.3 Å². The number of anilines is 1. The minimum absolute atomic E-state index is 0.0116. The van der Waals surface area contributed by atoms with Crippen molar-refractivity contribution in [3.63, 3.8) is 0 Å². The molecule has 10 heteroatoms. The first kappa shape index (κ1) is 12.3. The monoisotopic (exact) mass is 291 g/mol. The Morgan fingerprint density at radius 3 is 2.85 bits per heavy atom. The van der Waals surface area contributed by atoms with E-state index in [0.717, 1.165) is 0 Å². The van der Waals surface area contributed by atoms with E-state index in [9.17, 15) is 8.42 Å². The predicted octanol–water partition coefficient (Wildman–Crippen LogP) is 0.391. The van der Waals surface area contributed by atoms with Gasteiger partial charge in [-0.05, 0) is 17.3 Å². The molecule has 0 aliphatic heterocycles. The number of nitrogens with one attached hydrogen (secondary N) is 3. The fourth-order valence-electron chi connectivity index (χ4n) is 1.61. The fourth-order valence-corrected chi connectivity index (χ4v) is 2.56. The molecule has 0 radical (unpaired) electrons. The van der Waals surface area contributed by atoms with E-state index >= 15 is 0 Å². The van der Waals surface area contributed by atoms with Crippen molar-refractivity contribution in [2.75, 3.05) is 4.72 Å². The summed E-state index contributed by atoms with van der Waals surface area (Å²) in [5, 5.41) is 13.4. The second-order valence-corrected chi connectivity index (χ2v) is 5.49. The van der Waals surface area contributed by atoms with Crippen molar-refractivity contribution in [1.29, 1.82) is 0 Å². The Hall–Kier alpha value is -2.75. The van der Waals surface area contributed by atoms with Gasteiger partial charge >= 0.3 is 0 Å². The smallest absolute Gasteiger partial charge is 0.278 e. The molecular weight excluding hydrogens is 282 g/mol. The van der Waals surface area contributed by atoms with E-state index in [-0.39, 0.29) is 5.03 Å². The number of sulfonamides is 1. The van der Waals surface area contributed by atoms with Crippen LogP contribution in [0.15, 0.2) is 41.8 Å². The highest BCUT2D eigenvalue weighted by Crippen LogP contribution is 2.20. The summed E-state index contributed by atoms with van der Waals surface area (Å²) in [4.78, 5) is 6.22. The molecule has 0 fully saturated rings. The Kier molecular flexibility index (Phi) is 2.91. The molecule has 9 nitrogen and oxygen atoms in total. The van der Waals surface area contributed by atoms with Gasteiger partial charge in [0.1, 0.15) is 0 Å². The van der Waals surface area contributed by atoms with Crippen LogP contribution in [0.1, 0.15) is 0 Å². The first-order chi connectivity index (χ1) is 9.65. The molecule has 0 aliphatic rings. The summed E-state index contributed by atoms with van der Waals surface area (Å²) in [6.07, 6.45) is 2.52. The van der Waals surface area contributed by atoms with Crippen LogP contribution < -0.4 is 4.72 Å². The normalized spacial score (nSPS) is 11.4. The van der Waals surface area contributed by atoms with Crippen molar-refractivity contribution in [1.82, 2.24) is 30.6 Å². The van der Waals surface area contributed by atoms with E-state index in [1.165, 1.54) is 12.5 Å². The summed E-state index contributed by atoms with van der Waals surface area (Å²) in [6.45, 7) is 0. The molecule has 2 heterocycles. The molecular formula is C10H9N7O2S. The van der Waals surface area contributed by atoms with Crippen LogP contribution >= 0.6 is 0 Å². The van der Waals surface area contributed by atoms with Crippen molar-refractivity contribution in [2.45, 2.75) is 5.03 Å². The van der Waals surface area contributed by atoms with Gasteiger partial charge in [0.25, 0.3) is 10.0 Å². The third-order valence-electron chi connectivity index (χ3n) is 2.48. The van der Waals surface area contributed by atoms with Crippen molar-refractivity contribution in [3.8, 4) is 11.4 Å². The first-order valence-corrected chi connectivity index (χ1v) is 6.98. The Labute approximate surface area is 113 Å². The molecule has 20 heavy (non-hydrogen) atoms. The van der Waals surface area contributed by atoms with Gasteiger partial charge in [0.2, 0.25) is 5.82 Å². The molecule has 0 bridgehead atoms. The quantitative estimate of drug-likeness (QED) is 0.637. The predicted molar refractivity (Wildman–Crippen MR) is 69.0 cm³/mol. The third-order valence-corrected chi connectivity index (χ3v) is 3.79. The maximum Gasteiger partial charge on any atom is 0.278 e. The van der Waals surface area contributed by atoms with Gasteiger partial charge in [-0.25, -0.2) is 4.98 Å². The van der Waals surface area contributed by atoms with Gasteiger partial charge in [0.05, 0.1) is 12.5 Å². The van der Waals surface area contributed by atoms with Crippen LogP contribution in [0.2, 0.25) is 0 Å². The average molecular weight is 291 g/mol. The maximum absolute atomic E-state index is 12.0. The minimum Gasteiger partial charge on any atom is -0.334 e. The molecule has 3 aromatic rings. The third kappa shape index (κ3) is 2.36. The molecule has 0 amide bonds. The number of nitrogens with zero attached hydrogens (tertiary/aromatic N) is 4. The zero-order chi connectivity index (χ0) is 14.0. The molecule has 0 unspecified atom stereocenters. The largest absolute Gasteiger partial charge is 0.334 e. The number of rotatable bonds is 4. The Bertz CT molecular complexity index is 796.